The standard InChI is InChI=1S/C36H38ClN9O3/c1-49-36(48)41-28-16-17-29-31(21-28)40-27(12-7-10-24-8-3-2-4-9-24)11-5-6-13-30(35-38-22-32(29)43-35)42-34(47)19-14-25-20-26(37)15-18-33(25)46-23-39-44-45-46/h2-4,8-9,14-23,27,30,40H,5-7,10-13H2,1H3,(H,38,43)(H,41,48)(H,42,47)/b19-14+. The van der Waals surface area contributed by atoms with Crippen LogP contribution >= 0.6 is 11.6 Å². The number of nitrogens with one attached hydrogen (secondary N) is 4. The van der Waals surface area contributed by atoms with E-state index in [0.29, 0.717) is 34.2 Å². The number of ether oxygens (including phenoxy) is 1. The van der Waals surface area contributed by atoms with Gasteiger partial charge in [-0.2, -0.15) is 4.68 Å². The van der Waals surface area contributed by atoms with Crippen LogP contribution in [0.15, 0.2) is 85.3 Å². The van der Waals surface area contributed by atoms with Gasteiger partial charge in [0.05, 0.1) is 24.5 Å². The molecule has 2 bridgehead atoms. The van der Waals surface area contributed by atoms with Crippen molar-refractivity contribution in [3.05, 3.63) is 107 Å². The lowest BCUT2D eigenvalue weighted by molar-refractivity contribution is -0.117. The molecule has 2 amide bonds. The van der Waals surface area contributed by atoms with Crippen molar-refractivity contribution in [2.24, 2.45) is 0 Å². The Hall–Kier alpha value is -5.49. The molecule has 6 rings (SSSR count). The minimum atomic E-state index is -0.538. The van der Waals surface area contributed by atoms with Crippen molar-refractivity contribution in [1.29, 1.82) is 0 Å². The van der Waals surface area contributed by atoms with E-state index in [9.17, 15) is 9.59 Å². The molecule has 0 spiro atoms. The van der Waals surface area contributed by atoms with Crippen molar-refractivity contribution in [2.75, 3.05) is 17.7 Å². The second kappa shape index (κ2) is 16.1. The van der Waals surface area contributed by atoms with Crippen LogP contribution in [0.3, 0.4) is 0 Å². The summed E-state index contributed by atoms with van der Waals surface area (Å²) >= 11 is 6.26. The Morgan fingerprint density at radius 3 is 2.76 bits per heavy atom. The maximum atomic E-state index is 13.3. The molecule has 0 saturated heterocycles. The number of rotatable bonds is 9. The number of imidazole rings is 1. The highest BCUT2D eigenvalue weighted by atomic mass is 35.5. The molecule has 1 aliphatic rings. The fourth-order valence-corrected chi connectivity index (χ4v) is 6.21. The highest BCUT2D eigenvalue weighted by Gasteiger charge is 2.22. The Morgan fingerprint density at radius 2 is 1.94 bits per heavy atom. The summed E-state index contributed by atoms with van der Waals surface area (Å²) in [7, 11) is 1.34. The summed E-state index contributed by atoms with van der Waals surface area (Å²) in [6.07, 6.45) is 12.5. The summed E-state index contributed by atoms with van der Waals surface area (Å²) in [6, 6.07) is 21.3. The number of aromatic nitrogens is 6. The summed E-state index contributed by atoms with van der Waals surface area (Å²) in [6.45, 7) is 0. The number of hydrogen-bond donors (Lipinski definition) is 4. The smallest absolute Gasteiger partial charge is 0.411 e. The van der Waals surface area contributed by atoms with Gasteiger partial charge in [-0.1, -0.05) is 54.8 Å². The van der Waals surface area contributed by atoms with Gasteiger partial charge >= 0.3 is 6.09 Å². The first-order chi connectivity index (χ1) is 23.9. The fraction of sp³-hybridized carbons (Fsp3) is 0.278. The number of nitrogens with zero attached hydrogens (tertiary/aromatic N) is 5. The molecule has 3 aromatic carbocycles. The second-order valence-electron chi connectivity index (χ2n) is 11.9. The normalized spacial score (nSPS) is 16.1. The number of anilines is 2. The van der Waals surface area contributed by atoms with Gasteiger partial charge in [-0.05, 0) is 90.6 Å². The number of carbonyl (C=O) groups is 2. The van der Waals surface area contributed by atoms with Crippen LogP contribution in [-0.2, 0) is 16.0 Å². The third-order valence-corrected chi connectivity index (χ3v) is 8.72. The molecule has 2 atom stereocenters. The van der Waals surface area contributed by atoms with Crippen LogP contribution in [0.4, 0.5) is 16.2 Å². The zero-order valence-electron chi connectivity index (χ0n) is 27.1. The van der Waals surface area contributed by atoms with E-state index in [1.807, 2.05) is 30.5 Å². The molecule has 4 N–H and O–H groups in total. The number of carbonyl (C=O) groups excluding carboxylic acids is 2. The van der Waals surface area contributed by atoms with E-state index in [1.165, 1.54) is 29.8 Å². The molecule has 5 aromatic rings. The van der Waals surface area contributed by atoms with Crippen LogP contribution in [0.25, 0.3) is 23.0 Å². The van der Waals surface area contributed by atoms with Crippen LogP contribution in [-0.4, -0.2) is 55.3 Å². The lowest BCUT2D eigenvalue weighted by Crippen LogP contribution is -2.28. The average Bonchev–Trinajstić information content (AvgIpc) is 3.82. The van der Waals surface area contributed by atoms with E-state index in [-0.39, 0.29) is 18.0 Å². The predicted octanol–water partition coefficient (Wildman–Crippen LogP) is 7.13. The molecular weight excluding hydrogens is 642 g/mol. The topological polar surface area (TPSA) is 152 Å². The highest BCUT2D eigenvalue weighted by molar-refractivity contribution is 6.30. The van der Waals surface area contributed by atoms with E-state index in [2.05, 4.69) is 60.7 Å². The largest absolute Gasteiger partial charge is 0.453 e. The zero-order chi connectivity index (χ0) is 34.0. The Morgan fingerprint density at radius 1 is 1.08 bits per heavy atom. The zero-order valence-corrected chi connectivity index (χ0v) is 27.9. The Bertz CT molecular complexity index is 1890. The summed E-state index contributed by atoms with van der Waals surface area (Å²) in [5.41, 5.74) is 5.79. The van der Waals surface area contributed by atoms with Gasteiger partial charge in [0.15, 0.2) is 0 Å². The molecule has 49 heavy (non-hydrogen) atoms. The lowest BCUT2D eigenvalue weighted by Gasteiger charge is -2.24. The maximum Gasteiger partial charge on any atom is 0.411 e. The number of H-pyrrole nitrogens is 1. The molecule has 2 unspecified atom stereocenters. The summed E-state index contributed by atoms with van der Waals surface area (Å²) < 4.78 is 6.34. The molecule has 0 saturated carbocycles. The first-order valence-electron chi connectivity index (χ1n) is 16.3. The minimum Gasteiger partial charge on any atom is -0.453 e. The number of methoxy groups -OCH3 is 1. The molecule has 252 valence electrons. The van der Waals surface area contributed by atoms with Gasteiger partial charge in [0.25, 0.3) is 0 Å². The van der Waals surface area contributed by atoms with Crippen LogP contribution in [0.2, 0.25) is 5.02 Å². The average molecular weight is 680 g/mol. The third kappa shape index (κ3) is 8.90. The molecule has 12 nitrogen and oxygen atoms in total. The number of aryl methyl sites for hydroxylation is 1. The SMILES string of the molecule is COC(=O)Nc1ccc2c(c1)NC(CCCc1ccccc1)CCCCC(NC(=O)/C=C/c1cc(Cl)ccc1-n1cnnn1)c1nc-2c[nH]1. The van der Waals surface area contributed by atoms with E-state index < -0.39 is 6.09 Å². The summed E-state index contributed by atoms with van der Waals surface area (Å²) in [4.78, 5) is 33.6. The van der Waals surface area contributed by atoms with Crippen molar-refractivity contribution in [2.45, 2.75) is 57.0 Å². The Balaban J connectivity index is 1.23. The molecular formula is C36H38ClN9O3. The first kappa shape index (κ1) is 33.4. The van der Waals surface area contributed by atoms with Crippen molar-refractivity contribution >= 4 is 41.1 Å². The number of hydrogen-bond acceptors (Lipinski definition) is 8. The van der Waals surface area contributed by atoms with E-state index >= 15 is 0 Å². The quantitative estimate of drug-likeness (QED) is 0.120. The first-order valence-corrected chi connectivity index (χ1v) is 16.7. The van der Waals surface area contributed by atoms with E-state index in [1.54, 1.807) is 24.3 Å². The van der Waals surface area contributed by atoms with Gasteiger partial charge in [-0.3, -0.25) is 10.1 Å². The van der Waals surface area contributed by atoms with Crippen LogP contribution < -0.4 is 16.0 Å². The Kier molecular flexibility index (Phi) is 11.0. The van der Waals surface area contributed by atoms with Gasteiger partial charge in [0.2, 0.25) is 5.91 Å². The number of benzene rings is 3. The number of halogens is 1. The number of tetrazole rings is 1. The number of amides is 2. The van der Waals surface area contributed by atoms with Crippen LogP contribution in [0.1, 0.15) is 61.5 Å². The highest BCUT2D eigenvalue weighted by Crippen LogP contribution is 2.33. The minimum absolute atomic E-state index is 0.191. The molecule has 3 heterocycles. The number of aromatic amines is 1. The van der Waals surface area contributed by atoms with Gasteiger partial charge in [-0.25, -0.2) is 9.78 Å². The van der Waals surface area contributed by atoms with Crippen molar-refractivity contribution in [1.82, 2.24) is 35.5 Å². The molecule has 0 fully saturated rings. The van der Waals surface area contributed by atoms with Gasteiger partial charge in [0.1, 0.15) is 12.2 Å². The van der Waals surface area contributed by atoms with Gasteiger partial charge in [-0.15, -0.1) is 5.10 Å². The van der Waals surface area contributed by atoms with Crippen molar-refractivity contribution < 1.29 is 14.3 Å². The van der Waals surface area contributed by atoms with E-state index in [4.69, 9.17) is 21.3 Å². The van der Waals surface area contributed by atoms with Crippen molar-refractivity contribution in [3.63, 3.8) is 0 Å². The molecule has 0 aliphatic carbocycles. The predicted molar refractivity (Wildman–Crippen MR) is 189 cm³/mol. The third-order valence-electron chi connectivity index (χ3n) is 8.49. The van der Waals surface area contributed by atoms with Gasteiger partial charge < -0.3 is 20.4 Å². The Labute approximate surface area is 289 Å². The fourth-order valence-electron chi connectivity index (χ4n) is 6.03. The maximum absolute atomic E-state index is 13.3. The summed E-state index contributed by atoms with van der Waals surface area (Å²) in [5, 5.41) is 21.6. The number of fused-ring (bicyclic) bond motifs is 4. The van der Waals surface area contributed by atoms with E-state index in [0.717, 1.165) is 55.5 Å². The molecule has 1 aliphatic heterocycles. The second-order valence-corrected chi connectivity index (χ2v) is 12.3. The monoisotopic (exact) mass is 679 g/mol. The molecule has 0 radical (unpaired) electrons. The van der Waals surface area contributed by atoms with Gasteiger partial charge in [0, 0.05) is 45.8 Å². The lowest BCUT2D eigenvalue weighted by atomic mass is 9.97. The summed E-state index contributed by atoms with van der Waals surface area (Å²) in [5.74, 6) is 0.397. The molecule has 13 heteroatoms. The molecule has 2 aromatic heterocycles. The van der Waals surface area contributed by atoms with Crippen LogP contribution in [0, 0.1) is 0 Å². The van der Waals surface area contributed by atoms with Crippen molar-refractivity contribution in [3.8, 4) is 16.9 Å². The van der Waals surface area contributed by atoms with Crippen LogP contribution in [0.5, 0.6) is 0 Å².